The third kappa shape index (κ3) is 4.12. The molecule has 0 atom stereocenters. The van der Waals surface area contributed by atoms with Crippen LogP contribution in [0.3, 0.4) is 0 Å². The maximum atomic E-state index is 13.0. The average molecular weight is 370 g/mol. The molecule has 0 aliphatic heterocycles. The van der Waals surface area contributed by atoms with Crippen LogP contribution in [0.15, 0.2) is 54.6 Å². The smallest absolute Gasteiger partial charge is 0.310 e. The molecule has 132 valence electrons. The highest BCUT2D eigenvalue weighted by atomic mass is 32.1. The lowest BCUT2D eigenvalue weighted by atomic mass is 10.1. The first-order valence-corrected chi connectivity index (χ1v) is 8.57. The van der Waals surface area contributed by atoms with E-state index in [0.717, 1.165) is 5.56 Å². The number of carbonyl (C=O) groups excluding carboxylic acids is 2. The maximum Gasteiger partial charge on any atom is 0.310 e. The molecule has 26 heavy (non-hydrogen) atoms. The number of hydrogen-bond donors (Lipinski definition) is 1. The Labute approximate surface area is 153 Å². The van der Waals surface area contributed by atoms with Gasteiger partial charge in [0.2, 0.25) is 0 Å². The summed E-state index contributed by atoms with van der Waals surface area (Å²) in [5.41, 5.74) is 1.78. The normalized spacial score (nSPS) is 10.4. The molecule has 5 nitrogen and oxygen atoms in total. The Morgan fingerprint density at radius 1 is 1.12 bits per heavy atom. The van der Waals surface area contributed by atoms with Crippen molar-refractivity contribution in [2.45, 2.75) is 6.42 Å². The van der Waals surface area contributed by atoms with Gasteiger partial charge in [-0.05, 0) is 24.3 Å². The molecule has 0 fully saturated rings. The number of aromatic nitrogens is 1. The zero-order valence-corrected chi connectivity index (χ0v) is 14.7. The minimum absolute atomic E-state index is 0.0603. The summed E-state index contributed by atoms with van der Waals surface area (Å²) in [6, 6.07) is 14.6. The van der Waals surface area contributed by atoms with Gasteiger partial charge in [0.1, 0.15) is 5.82 Å². The highest BCUT2D eigenvalue weighted by Gasteiger charge is 2.18. The minimum Gasteiger partial charge on any atom is -0.469 e. The van der Waals surface area contributed by atoms with Gasteiger partial charge < -0.3 is 4.74 Å². The quantitative estimate of drug-likeness (QED) is 0.691. The van der Waals surface area contributed by atoms with E-state index in [1.807, 2.05) is 30.3 Å². The Bertz CT molecular complexity index is 924. The van der Waals surface area contributed by atoms with Gasteiger partial charge >= 0.3 is 5.97 Å². The second kappa shape index (κ2) is 7.88. The molecule has 1 N–H and O–H groups in total. The zero-order valence-electron chi connectivity index (χ0n) is 13.9. The van der Waals surface area contributed by atoms with Gasteiger partial charge in [0.05, 0.1) is 19.2 Å². The van der Waals surface area contributed by atoms with Gasteiger partial charge in [-0.15, -0.1) is 11.3 Å². The van der Waals surface area contributed by atoms with E-state index in [-0.39, 0.29) is 12.4 Å². The molecule has 1 aromatic heterocycles. The van der Waals surface area contributed by atoms with Crippen LogP contribution in [-0.2, 0) is 16.0 Å². The van der Waals surface area contributed by atoms with Crippen molar-refractivity contribution in [1.29, 1.82) is 0 Å². The highest BCUT2D eigenvalue weighted by Crippen LogP contribution is 2.32. The van der Waals surface area contributed by atoms with E-state index >= 15 is 0 Å². The van der Waals surface area contributed by atoms with Gasteiger partial charge in [0.25, 0.3) is 5.91 Å². The number of anilines is 1. The summed E-state index contributed by atoms with van der Waals surface area (Å²) < 4.78 is 17.7. The number of ether oxygens (including phenoxy) is 1. The summed E-state index contributed by atoms with van der Waals surface area (Å²) in [6.45, 7) is 0. The van der Waals surface area contributed by atoms with Gasteiger partial charge in [-0.2, -0.15) is 0 Å². The zero-order chi connectivity index (χ0) is 18.5. The molecule has 3 aromatic rings. The van der Waals surface area contributed by atoms with Crippen molar-refractivity contribution in [3.8, 4) is 11.3 Å². The Balaban J connectivity index is 1.89. The first-order valence-electron chi connectivity index (χ1n) is 7.75. The third-order valence-electron chi connectivity index (χ3n) is 3.60. The number of nitrogens with zero attached hydrogens (tertiary/aromatic N) is 1. The molecule has 0 unspecified atom stereocenters. The average Bonchev–Trinajstić information content (AvgIpc) is 3.05. The summed E-state index contributed by atoms with van der Waals surface area (Å²) in [5.74, 6) is -1.20. The van der Waals surface area contributed by atoms with Crippen molar-refractivity contribution in [3.63, 3.8) is 0 Å². The molecule has 0 bridgehead atoms. The molecule has 0 aliphatic carbocycles. The number of carbonyl (C=O) groups is 2. The number of rotatable bonds is 5. The predicted octanol–water partition coefficient (Wildman–Crippen LogP) is 3.92. The molecule has 0 aliphatic rings. The first kappa shape index (κ1) is 17.8. The topological polar surface area (TPSA) is 68.3 Å². The van der Waals surface area contributed by atoms with Crippen LogP contribution >= 0.6 is 11.3 Å². The van der Waals surface area contributed by atoms with E-state index < -0.39 is 11.7 Å². The molecule has 7 heteroatoms. The van der Waals surface area contributed by atoms with E-state index in [1.54, 1.807) is 0 Å². The van der Waals surface area contributed by atoms with E-state index in [1.165, 1.54) is 42.7 Å². The van der Waals surface area contributed by atoms with Gasteiger partial charge in [-0.1, -0.05) is 30.3 Å². The van der Waals surface area contributed by atoms with Crippen molar-refractivity contribution >= 4 is 28.3 Å². The molecule has 0 radical (unpaired) electrons. The molecule has 3 rings (SSSR count). The molecule has 0 saturated heterocycles. The number of halogens is 1. The van der Waals surface area contributed by atoms with E-state index in [9.17, 15) is 14.0 Å². The number of benzene rings is 2. The van der Waals surface area contributed by atoms with Crippen molar-refractivity contribution in [2.24, 2.45) is 0 Å². The number of nitrogens with one attached hydrogen (secondary N) is 1. The molecular weight excluding hydrogens is 355 g/mol. The Morgan fingerprint density at radius 3 is 2.46 bits per heavy atom. The van der Waals surface area contributed by atoms with Crippen molar-refractivity contribution in [3.05, 3.63) is 70.9 Å². The van der Waals surface area contributed by atoms with Gasteiger partial charge in [-0.3, -0.25) is 14.9 Å². The summed E-state index contributed by atoms with van der Waals surface area (Å²) >= 11 is 1.21. The standard InChI is InChI=1S/C19H15FN2O3S/c1-25-16(23)11-15-17(12-5-3-2-4-6-12)21-19(26-15)22-18(24)13-7-9-14(20)10-8-13/h2-10H,11H2,1H3,(H,21,22,24). The van der Waals surface area contributed by atoms with Crippen LogP contribution in [-0.4, -0.2) is 24.0 Å². The molecule has 0 saturated carbocycles. The van der Waals surface area contributed by atoms with Gasteiger partial charge in [0, 0.05) is 16.0 Å². The second-order valence-electron chi connectivity index (χ2n) is 5.37. The predicted molar refractivity (Wildman–Crippen MR) is 97.6 cm³/mol. The Hall–Kier alpha value is -3.06. The van der Waals surface area contributed by atoms with Crippen LogP contribution < -0.4 is 5.32 Å². The first-order chi connectivity index (χ1) is 12.6. The summed E-state index contributed by atoms with van der Waals surface area (Å²) in [5, 5.41) is 3.05. The van der Waals surface area contributed by atoms with Crippen molar-refractivity contribution in [1.82, 2.24) is 4.98 Å². The summed E-state index contributed by atoms with van der Waals surface area (Å²) in [6.07, 6.45) is 0.0603. The molecule has 2 aromatic carbocycles. The fraction of sp³-hybridized carbons (Fsp3) is 0.105. The van der Waals surface area contributed by atoms with E-state index in [2.05, 4.69) is 10.3 Å². The number of methoxy groups -OCH3 is 1. The van der Waals surface area contributed by atoms with E-state index in [0.29, 0.717) is 21.3 Å². The Morgan fingerprint density at radius 2 is 1.81 bits per heavy atom. The number of esters is 1. The van der Waals surface area contributed by atoms with Crippen LogP contribution in [0, 0.1) is 5.82 Å². The highest BCUT2D eigenvalue weighted by molar-refractivity contribution is 7.16. The maximum absolute atomic E-state index is 13.0. The lowest BCUT2D eigenvalue weighted by Gasteiger charge is -2.01. The second-order valence-corrected chi connectivity index (χ2v) is 6.45. The summed E-state index contributed by atoms with van der Waals surface area (Å²) in [4.78, 5) is 29.1. The van der Waals surface area contributed by atoms with Gasteiger partial charge in [-0.25, -0.2) is 9.37 Å². The van der Waals surface area contributed by atoms with Crippen molar-refractivity contribution < 1.29 is 18.7 Å². The monoisotopic (exact) mass is 370 g/mol. The fourth-order valence-electron chi connectivity index (χ4n) is 2.32. The van der Waals surface area contributed by atoms with Crippen LogP contribution in [0.1, 0.15) is 15.2 Å². The van der Waals surface area contributed by atoms with E-state index in [4.69, 9.17) is 4.74 Å². The fourth-order valence-corrected chi connectivity index (χ4v) is 3.28. The van der Waals surface area contributed by atoms with Crippen LogP contribution in [0.25, 0.3) is 11.3 Å². The number of hydrogen-bond acceptors (Lipinski definition) is 5. The van der Waals surface area contributed by atoms with Crippen LogP contribution in [0.2, 0.25) is 0 Å². The summed E-state index contributed by atoms with van der Waals surface area (Å²) in [7, 11) is 1.32. The molecule has 1 amide bonds. The molecule has 1 heterocycles. The van der Waals surface area contributed by atoms with Crippen molar-refractivity contribution in [2.75, 3.05) is 12.4 Å². The van der Waals surface area contributed by atoms with Crippen LogP contribution in [0.5, 0.6) is 0 Å². The minimum atomic E-state index is -0.414. The number of thiazole rings is 1. The largest absolute Gasteiger partial charge is 0.469 e. The lowest BCUT2D eigenvalue weighted by molar-refractivity contribution is -0.139. The molecular formula is C19H15FN2O3S. The SMILES string of the molecule is COC(=O)Cc1sc(NC(=O)c2ccc(F)cc2)nc1-c1ccccc1. The van der Waals surface area contributed by atoms with Gasteiger partial charge in [0.15, 0.2) is 5.13 Å². The third-order valence-corrected chi connectivity index (χ3v) is 4.57. The molecule has 0 spiro atoms. The Kier molecular flexibility index (Phi) is 5.38. The lowest BCUT2D eigenvalue weighted by Crippen LogP contribution is -2.11. The van der Waals surface area contributed by atoms with Crippen LogP contribution in [0.4, 0.5) is 9.52 Å². The number of amides is 1.